The van der Waals surface area contributed by atoms with Crippen LogP contribution in [0.25, 0.3) is 33.7 Å². The summed E-state index contributed by atoms with van der Waals surface area (Å²) in [7, 11) is 1.82. The molecule has 0 unspecified atom stereocenters. The van der Waals surface area contributed by atoms with Crippen molar-refractivity contribution in [3.05, 3.63) is 65.0 Å². The fraction of sp³-hybridized carbons (Fsp3) is 0.143. The summed E-state index contributed by atoms with van der Waals surface area (Å²) in [5.41, 5.74) is 2.80. The first-order valence-corrected chi connectivity index (χ1v) is 10.1. The van der Waals surface area contributed by atoms with E-state index in [1.165, 1.54) is 4.80 Å². The molecular weight excluding hydrogens is 454 g/mol. The van der Waals surface area contributed by atoms with Crippen LogP contribution in [-0.2, 0) is 6.54 Å². The molecular formula is C21H15ClF2N8O. The molecule has 12 heteroatoms. The van der Waals surface area contributed by atoms with Gasteiger partial charge in [0.05, 0.1) is 12.1 Å². The second kappa shape index (κ2) is 8.51. The molecule has 0 aliphatic heterocycles. The van der Waals surface area contributed by atoms with E-state index in [1.807, 2.05) is 37.4 Å². The third-order valence-electron chi connectivity index (χ3n) is 4.90. The molecule has 0 spiro atoms. The highest BCUT2D eigenvalue weighted by Gasteiger charge is 2.18. The Bertz CT molecular complexity index is 1450. The largest absolute Gasteiger partial charge is 0.415 e. The molecule has 0 aliphatic rings. The van der Waals surface area contributed by atoms with Crippen molar-refractivity contribution in [2.75, 3.05) is 12.4 Å². The lowest BCUT2D eigenvalue weighted by molar-refractivity contribution is 0.116. The van der Waals surface area contributed by atoms with Gasteiger partial charge in [0.25, 0.3) is 5.89 Å². The molecule has 3 heterocycles. The minimum atomic E-state index is -2.83. The van der Waals surface area contributed by atoms with E-state index in [9.17, 15) is 8.78 Å². The van der Waals surface area contributed by atoms with Gasteiger partial charge in [-0.05, 0) is 53.2 Å². The number of benzene rings is 2. The Balaban J connectivity index is 1.35. The summed E-state index contributed by atoms with van der Waals surface area (Å²) >= 11 is 6.37. The molecule has 0 radical (unpaired) electrons. The van der Waals surface area contributed by atoms with Crippen molar-refractivity contribution in [1.29, 1.82) is 0 Å². The number of rotatable bonds is 6. The van der Waals surface area contributed by atoms with Crippen molar-refractivity contribution in [3.8, 4) is 22.8 Å². The number of halogens is 3. The maximum atomic E-state index is 12.7. The number of hydrogen-bond donors (Lipinski definition) is 1. The molecule has 3 aromatic heterocycles. The summed E-state index contributed by atoms with van der Waals surface area (Å²) in [5.74, 6) is 0.479. The summed E-state index contributed by atoms with van der Waals surface area (Å²) < 4.78 is 30.3. The number of alkyl halides is 2. The minimum absolute atomic E-state index is 0.0347. The number of anilines is 1. The van der Waals surface area contributed by atoms with Crippen LogP contribution in [0.3, 0.4) is 0 Å². The van der Waals surface area contributed by atoms with E-state index in [2.05, 4.69) is 35.9 Å². The van der Waals surface area contributed by atoms with Crippen LogP contribution < -0.4 is 5.32 Å². The van der Waals surface area contributed by atoms with Crippen LogP contribution in [-0.4, -0.2) is 42.4 Å². The fourth-order valence-corrected chi connectivity index (χ4v) is 3.47. The zero-order valence-corrected chi connectivity index (χ0v) is 17.8. The van der Waals surface area contributed by atoms with Crippen molar-refractivity contribution < 1.29 is 13.2 Å². The molecule has 0 saturated heterocycles. The Morgan fingerprint density at radius 2 is 1.88 bits per heavy atom. The van der Waals surface area contributed by atoms with Crippen LogP contribution in [0, 0.1) is 0 Å². The zero-order chi connectivity index (χ0) is 22.9. The van der Waals surface area contributed by atoms with Gasteiger partial charge in [-0.3, -0.25) is 0 Å². The van der Waals surface area contributed by atoms with E-state index in [1.54, 1.807) is 18.2 Å². The summed E-state index contributed by atoms with van der Waals surface area (Å²) in [5, 5.41) is 24.0. The van der Waals surface area contributed by atoms with Gasteiger partial charge in [-0.25, -0.2) is 4.98 Å². The van der Waals surface area contributed by atoms with Gasteiger partial charge in [-0.2, -0.15) is 13.6 Å². The highest BCUT2D eigenvalue weighted by molar-refractivity contribution is 6.31. The SMILES string of the molecule is CNc1ccc2cc(-c3nnn(Cc4ccc(-c5nnc(C(F)F)o5)cc4Cl)n3)ccc2n1. The highest BCUT2D eigenvalue weighted by atomic mass is 35.5. The lowest BCUT2D eigenvalue weighted by Crippen LogP contribution is -2.04. The average Bonchev–Trinajstić information content (AvgIpc) is 3.50. The van der Waals surface area contributed by atoms with E-state index < -0.39 is 12.3 Å². The van der Waals surface area contributed by atoms with Gasteiger partial charge in [0.1, 0.15) is 5.82 Å². The molecule has 5 aromatic rings. The second-order valence-electron chi connectivity index (χ2n) is 7.05. The number of pyridine rings is 1. The molecule has 0 bridgehead atoms. The standard InChI is InChI=1S/C21H15ClF2N8O/c1-25-17-7-5-11-8-12(4-6-16(11)26-17)19-27-31-32(30-19)10-14-3-2-13(9-15(14)22)20-28-29-21(33-20)18(23)24/h2-9,18H,10H2,1H3,(H,25,26). The first kappa shape index (κ1) is 20.9. The van der Waals surface area contributed by atoms with Gasteiger partial charge < -0.3 is 9.73 Å². The molecule has 33 heavy (non-hydrogen) atoms. The van der Waals surface area contributed by atoms with E-state index in [0.717, 1.165) is 22.3 Å². The van der Waals surface area contributed by atoms with Gasteiger partial charge in [-0.15, -0.1) is 20.4 Å². The molecule has 0 amide bonds. The number of hydrogen-bond acceptors (Lipinski definition) is 8. The minimum Gasteiger partial charge on any atom is -0.415 e. The smallest absolute Gasteiger partial charge is 0.314 e. The van der Waals surface area contributed by atoms with Gasteiger partial charge in [-0.1, -0.05) is 17.7 Å². The van der Waals surface area contributed by atoms with Gasteiger partial charge in [0, 0.05) is 28.6 Å². The fourth-order valence-electron chi connectivity index (χ4n) is 3.23. The normalized spacial score (nSPS) is 11.4. The lowest BCUT2D eigenvalue weighted by atomic mass is 10.1. The Hall–Kier alpha value is -3.99. The predicted molar refractivity (Wildman–Crippen MR) is 117 cm³/mol. The first-order valence-electron chi connectivity index (χ1n) is 9.77. The van der Waals surface area contributed by atoms with Crippen molar-refractivity contribution in [3.63, 3.8) is 0 Å². The van der Waals surface area contributed by atoms with Crippen LogP contribution in [0.4, 0.5) is 14.6 Å². The number of fused-ring (bicyclic) bond motifs is 1. The highest BCUT2D eigenvalue weighted by Crippen LogP contribution is 2.28. The van der Waals surface area contributed by atoms with E-state index >= 15 is 0 Å². The van der Waals surface area contributed by atoms with Crippen LogP contribution >= 0.6 is 11.6 Å². The molecule has 1 N–H and O–H groups in total. The average molecular weight is 469 g/mol. The maximum absolute atomic E-state index is 12.7. The van der Waals surface area contributed by atoms with E-state index in [-0.39, 0.29) is 12.4 Å². The monoisotopic (exact) mass is 468 g/mol. The predicted octanol–water partition coefficient (Wildman–Crippen LogP) is 4.62. The molecule has 166 valence electrons. The quantitative estimate of drug-likeness (QED) is 0.384. The van der Waals surface area contributed by atoms with Gasteiger partial charge in [0.15, 0.2) is 0 Å². The summed E-state index contributed by atoms with van der Waals surface area (Å²) in [6, 6.07) is 14.5. The molecule has 9 nitrogen and oxygen atoms in total. The van der Waals surface area contributed by atoms with Gasteiger partial charge >= 0.3 is 6.43 Å². The summed E-state index contributed by atoms with van der Waals surface area (Å²) in [6.07, 6.45) is -2.83. The molecule has 0 aliphatic carbocycles. The zero-order valence-electron chi connectivity index (χ0n) is 17.1. The number of aromatic nitrogens is 7. The third kappa shape index (κ3) is 4.22. The van der Waals surface area contributed by atoms with Crippen molar-refractivity contribution in [2.45, 2.75) is 13.0 Å². The van der Waals surface area contributed by atoms with Crippen molar-refractivity contribution >= 4 is 28.3 Å². The molecule has 0 saturated carbocycles. The lowest BCUT2D eigenvalue weighted by Gasteiger charge is -2.05. The van der Waals surface area contributed by atoms with Crippen LogP contribution in [0.2, 0.25) is 5.02 Å². The summed E-state index contributed by atoms with van der Waals surface area (Å²) in [4.78, 5) is 5.92. The van der Waals surface area contributed by atoms with Crippen molar-refractivity contribution in [2.24, 2.45) is 0 Å². The van der Waals surface area contributed by atoms with Gasteiger partial charge in [0.2, 0.25) is 11.7 Å². The Labute approximate surface area is 190 Å². The molecule has 0 fully saturated rings. The molecule has 0 atom stereocenters. The number of nitrogens with one attached hydrogen (secondary N) is 1. The number of nitrogens with zero attached hydrogens (tertiary/aromatic N) is 7. The van der Waals surface area contributed by atoms with Crippen molar-refractivity contribution in [1.82, 2.24) is 35.4 Å². The second-order valence-corrected chi connectivity index (χ2v) is 7.46. The van der Waals surface area contributed by atoms with Crippen LogP contribution in [0.1, 0.15) is 17.9 Å². The Kier molecular flexibility index (Phi) is 5.38. The van der Waals surface area contributed by atoms with E-state index in [0.29, 0.717) is 22.0 Å². The number of tetrazole rings is 1. The Morgan fingerprint density at radius 3 is 2.64 bits per heavy atom. The first-order chi connectivity index (χ1) is 16.0. The third-order valence-corrected chi connectivity index (χ3v) is 5.25. The topological polar surface area (TPSA) is 107 Å². The Morgan fingerprint density at radius 1 is 1.03 bits per heavy atom. The summed E-state index contributed by atoms with van der Waals surface area (Å²) in [6.45, 7) is 0.263. The van der Waals surface area contributed by atoms with Crippen LogP contribution in [0.15, 0.2) is 52.9 Å². The van der Waals surface area contributed by atoms with E-state index in [4.69, 9.17) is 16.0 Å². The maximum Gasteiger partial charge on any atom is 0.314 e. The molecule has 5 rings (SSSR count). The van der Waals surface area contributed by atoms with Crippen LogP contribution in [0.5, 0.6) is 0 Å². The molecule has 2 aromatic carbocycles.